The quantitative estimate of drug-likeness (QED) is 0.730. The lowest BCUT2D eigenvalue weighted by molar-refractivity contribution is -0.0752. The maximum Gasteiger partial charge on any atom is 0.214 e. The van der Waals surface area contributed by atoms with Crippen LogP contribution in [0.25, 0.3) is 0 Å². The van der Waals surface area contributed by atoms with Crippen LogP contribution in [-0.2, 0) is 25.9 Å². The van der Waals surface area contributed by atoms with E-state index in [0.29, 0.717) is 42.5 Å². The summed E-state index contributed by atoms with van der Waals surface area (Å²) in [7, 11) is -1.93. The van der Waals surface area contributed by atoms with Crippen molar-refractivity contribution in [3.63, 3.8) is 0 Å². The van der Waals surface area contributed by atoms with Crippen molar-refractivity contribution in [2.24, 2.45) is 0 Å². The third-order valence-electron chi connectivity index (χ3n) is 5.52. The minimum atomic E-state index is -3.51. The molecule has 3 rings (SSSR count). The smallest absolute Gasteiger partial charge is 0.214 e. The summed E-state index contributed by atoms with van der Waals surface area (Å²) in [5.74, 6) is -0.0457. The van der Waals surface area contributed by atoms with Crippen molar-refractivity contribution in [3.8, 4) is 0 Å². The summed E-state index contributed by atoms with van der Waals surface area (Å²) in [5, 5.41) is 1.14. The molecular weight excluding hydrogens is 397 g/mol. The Bertz CT molecular complexity index is 744. The Labute approximate surface area is 165 Å². The molecule has 1 saturated carbocycles. The van der Waals surface area contributed by atoms with Gasteiger partial charge in [-0.2, -0.15) is 0 Å². The number of nitrogens with one attached hydrogen (secondary N) is 1. The first-order valence-electron chi connectivity index (χ1n) is 8.86. The van der Waals surface area contributed by atoms with E-state index in [-0.39, 0.29) is 5.75 Å². The van der Waals surface area contributed by atoms with Crippen LogP contribution in [0.3, 0.4) is 0 Å². The number of sulfonamides is 1. The molecule has 1 aliphatic carbocycles. The monoisotopic (exact) mass is 421 g/mol. The normalized spacial score (nSPS) is 22.0. The van der Waals surface area contributed by atoms with Crippen LogP contribution < -0.4 is 4.72 Å². The van der Waals surface area contributed by atoms with Crippen molar-refractivity contribution >= 4 is 33.2 Å². The Hall–Kier alpha value is -0.370. The molecule has 1 saturated heterocycles. The van der Waals surface area contributed by atoms with Crippen molar-refractivity contribution in [1.82, 2.24) is 4.72 Å². The average molecular weight is 422 g/mol. The van der Waals surface area contributed by atoms with Crippen LogP contribution in [0.5, 0.6) is 0 Å². The topological polar surface area (TPSA) is 64.6 Å². The van der Waals surface area contributed by atoms with E-state index in [1.165, 1.54) is 0 Å². The molecule has 2 fully saturated rings. The standard InChI is InChI=1S/C18H25Cl2NO4S/c1-24-18(7-9-25-10-8-18)13-26(22,23)21-17(5-2-6-17)12-14-3-4-15(19)11-16(14)20/h3-4,11,21H,2,5-10,12-13H2,1H3. The van der Waals surface area contributed by atoms with E-state index < -0.39 is 21.2 Å². The van der Waals surface area contributed by atoms with Gasteiger partial charge in [-0.15, -0.1) is 0 Å². The zero-order chi connectivity index (χ0) is 18.8. The molecule has 0 aromatic heterocycles. The van der Waals surface area contributed by atoms with Crippen LogP contribution in [0.4, 0.5) is 0 Å². The number of halogens is 2. The molecule has 1 aliphatic heterocycles. The molecule has 1 aromatic rings. The van der Waals surface area contributed by atoms with Crippen LogP contribution in [0.2, 0.25) is 10.0 Å². The van der Waals surface area contributed by atoms with Crippen LogP contribution in [0, 0.1) is 0 Å². The first kappa shape index (κ1) is 20.4. The van der Waals surface area contributed by atoms with Gasteiger partial charge in [0.05, 0.1) is 11.4 Å². The molecule has 146 valence electrons. The molecule has 1 heterocycles. The number of methoxy groups -OCH3 is 1. The maximum absolute atomic E-state index is 12.9. The summed E-state index contributed by atoms with van der Waals surface area (Å²) in [6.07, 6.45) is 4.33. The molecule has 2 aliphatic rings. The van der Waals surface area contributed by atoms with Crippen molar-refractivity contribution in [2.75, 3.05) is 26.1 Å². The first-order chi connectivity index (χ1) is 12.3. The van der Waals surface area contributed by atoms with E-state index in [0.717, 1.165) is 24.8 Å². The fourth-order valence-corrected chi connectivity index (χ4v) is 6.39. The Morgan fingerprint density at radius 1 is 1.19 bits per heavy atom. The van der Waals surface area contributed by atoms with E-state index in [1.54, 1.807) is 19.2 Å². The SMILES string of the molecule is COC1(CS(=O)(=O)NC2(Cc3ccc(Cl)cc3Cl)CCC2)CCOCC1. The molecule has 0 atom stereocenters. The van der Waals surface area contributed by atoms with Gasteiger partial charge in [0.25, 0.3) is 0 Å². The molecule has 1 aromatic carbocycles. The van der Waals surface area contributed by atoms with Crippen LogP contribution in [0.15, 0.2) is 18.2 Å². The minimum absolute atomic E-state index is 0.0457. The summed E-state index contributed by atoms with van der Waals surface area (Å²) in [5.41, 5.74) is -0.241. The van der Waals surface area contributed by atoms with Gasteiger partial charge in [0, 0.05) is 48.7 Å². The second kappa shape index (κ2) is 7.94. The van der Waals surface area contributed by atoms with Crippen LogP contribution >= 0.6 is 23.2 Å². The van der Waals surface area contributed by atoms with Gasteiger partial charge in [-0.25, -0.2) is 13.1 Å². The highest BCUT2D eigenvalue weighted by molar-refractivity contribution is 7.89. The van der Waals surface area contributed by atoms with Gasteiger partial charge in [-0.1, -0.05) is 29.3 Å². The van der Waals surface area contributed by atoms with Gasteiger partial charge >= 0.3 is 0 Å². The van der Waals surface area contributed by atoms with E-state index in [9.17, 15) is 8.42 Å². The number of rotatable bonds is 7. The minimum Gasteiger partial charge on any atom is -0.381 e. The van der Waals surface area contributed by atoms with Gasteiger partial charge < -0.3 is 9.47 Å². The summed E-state index contributed by atoms with van der Waals surface area (Å²) < 4.78 is 39.7. The van der Waals surface area contributed by atoms with Crippen molar-refractivity contribution in [1.29, 1.82) is 0 Å². The number of ether oxygens (including phenoxy) is 2. The highest BCUT2D eigenvalue weighted by atomic mass is 35.5. The third kappa shape index (κ3) is 4.72. The number of hydrogen-bond donors (Lipinski definition) is 1. The van der Waals surface area contributed by atoms with Crippen molar-refractivity contribution in [2.45, 2.75) is 49.7 Å². The zero-order valence-electron chi connectivity index (χ0n) is 14.9. The molecule has 0 amide bonds. The second-order valence-electron chi connectivity index (χ2n) is 7.41. The first-order valence-corrected chi connectivity index (χ1v) is 11.3. The van der Waals surface area contributed by atoms with Gasteiger partial charge in [0.15, 0.2) is 0 Å². The molecule has 8 heteroatoms. The highest BCUT2D eigenvalue weighted by Gasteiger charge is 2.44. The van der Waals surface area contributed by atoms with E-state index in [2.05, 4.69) is 4.72 Å². The molecule has 26 heavy (non-hydrogen) atoms. The summed E-state index contributed by atoms with van der Waals surface area (Å²) in [4.78, 5) is 0. The van der Waals surface area contributed by atoms with E-state index in [1.807, 2.05) is 6.07 Å². The predicted molar refractivity (Wildman–Crippen MR) is 103 cm³/mol. The number of benzene rings is 1. The zero-order valence-corrected chi connectivity index (χ0v) is 17.2. The Morgan fingerprint density at radius 3 is 2.42 bits per heavy atom. The summed E-state index contributed by atoms with van der Waals surface area (Å²) in [6, 6.07) is 5.35. The Balaban J connectivity index is 1.73. The Morgan fingerprint density at radius 2 is 1.88 bits per heavy atom. The fraction of sp³-hybridized carbons (Fsp3) is 0.667. The van der Waals surface area contributed by atoms with Crippen molar-refractivity contribution < 1.29 is 17.9 Å². The highest BCUT2D eigenvalue weighted by Crippen LogP contribution is 2.38. The lowest BCUT2D eigenvalue weighted by Gasteiger charge is -2.44. The molecule has 0 spiro atoms. The maximum atomic E-state index is 12.9. The van der Waals surface area contributed by atoms with E-state index in [4.69, 9.17) is 32.7 Å². The van der Waals surface area contributed by atoms with Crippen LogP contribution in [-0.4, -0.2) is 45.6 Å². The van der Waals surface area contributed by atoms with E-state index >= 15 is 0 Å². The van der Waals surface area contributed by atoms with Crippen molar-refractivity contribution in [3.05, 3.63) is 33.8 Å². The summed E-state index contributed by atoms with van der Waals surface area (Å²) in [6.45, 7) is 1.05. The predicted octanol–water partition coefficient (Wildman–Crippen LogP) is 3.57. The van der Waals surface area contributed by atoms with Gasteiger partial charge in [0.1, 0.15) is 0 Å². The lowest BCUT2D eigenvalue weighted by atomic mass is 9.74. The summed E-state index contributed by atoms with van der Waals surface area (Å²) >= 11 is 12.3. The average Bonchev–Trinajstić information content (AvgIpc) is 2.55. The van der Waals surface area contributed by atoms with Gasteiger partial charge in [-0.05, 0) is 43.4 Å². The lowest BCUT2D eigenvalue weighted by Crippen LogP contribution is -2.58. The van der Waals surface area contributed by atoms with Gasteiger partial charge in [0.2, 0.25) is 10.0 Å². The number of hydrogen-bond acceptors (Lipinski definition) is 4. The molecule has 0 bridgehead atoms. The fourth-order valence-electron chi connectivity index (χ4n) is 3.81. The largest absolute Gasteiger partial charge is 0.381 e. The molecule has 0 unspecified atom stereocenters. The Kier molecular flexibility index (Phi) is 6.22. The molecule has 5 nitrogen and oxygen atoms in total. The molecular formula is C18H25Cl2NO4S. The van der Waals surface area contributed by atoms with Crippen LogP contribution in [0.1, 0.15) is 37.7 Å². The molecule has 0 radical (unpaired) electrons. The van der Waals surface area contributed by atoms with Gasteiger partial charge in [-0.3, -0.25) is 0 Å². The second-order valence-corrected chi connectivity index (χ2v) is 9.97. The third-order valence-corrected chi connectivity index (χ3v) is 7.75. The molecule has 1 N–H and O–H groups in total.